The lowest BCUT2D eigenvalue weighted by molar-refractivity contribution is 0.147. The van der Waals surface area contributed by atoms with Crippen LogP contribution in [-0.4, -0.2) is 17.1 Å². The molecular weight excluding hydrogens is 260 g/mol. The molecule has 0 spiro atoms. The maximum absolute atomic E-state index is 5.79. The minimum Gasteiger partial charge on any atom is -0.475 e. The topological polar surface area (TPSA) is 34.1 Å². The first kappa shape index (κ1) is 16.3. The summed E-state index contributed by atoms with van der Waals surface area (Å²) in [5.41, 5.74) is 1.65. The maximum Gasteiger partial charge on any atom is 0.218 e. The largest absolute Gasteiger partial charge is 0.475 e. The highest BCUT2D eigenvalue weighted by Gasteiger charge is 2.32. The molecule has 1 aromatic rings. The molecule has 3 nitrogen and oxygen atoms in total. The second kappa shape index (κ2) is 6.78. The summed E-state index contributed by atoms with van der Waals surface area (Å²) in [6, 6.07) is 4.69. The fraction of sp³-hybridized carbons (Fsp3) is 0.722. The second-order valence-electron chi connectivity index (χ2n) is 7.51. The zero-order valence-corrected chi connectivity index (χ0v) is 14.1. The summed E-state index contributed by atoms with van der Waals surface area (Å²) in [4.78, 5) is 4.36. The van der Waals surface area contributed by atoms with Gasteiger partial charge >= 0.3 is 0 Å². The number of pyridine rings is 1. The molecule has 1 N–H and O–H groups in total. The van der Waals surface area contributed by atoms with Gasteiger partial charge in [-0.3, -0.25) is 0 Å². The van der Waals surface area contributed by atoms with Gasteiger partial charge in [-0.25, -0.2) is 4.98 Å². The van der Waals surface area contributed by atoms with Crippen molar-refractivity contribution in [3.05, 3.63) is 23.9 Å². The van der Waals surface area contributed by atoms with Crippen LogP contribution in [0.1, 0.15) is 59.4 Å². The molecule has 2 atom stereocenters. The first-order chi connectivity index (χ1) is 9.87. The molecular formula is C18H30N2O. The number of ether oxygens (including phenoxy) is 1. The Labute approximate surface area is 129 Å². The molecule has 1 aliphatic rings. The highest BCUT2D eigenvalue weighted by molar-refractivity contribution is 5.25. The molecule has 1 aliphatic carbocycles. The van der Waals surface area contributed by atoms with Gasteiger partial charge in [0.2, 0.25) is 5.88 Å². The van der Waals surface area contributed by atoms with E-state index in [4.69, 9.17) is 4.74 Å². The van der Waals surface area contributed by atoms with E-state index in [1.54, 1.807) is 6.20 Å². The van der Waals surface area contributed by atoms with E-state index in [-0.39, 0.29) is 6.10 Å². The number of hydrogen-bond acceptors (Lipinski definition) is 3. The van der Waals surface area contributed by atoms with Gasteiger partial charge in [0.25, 0.3) is 0 Å². The molecule has 21 heavy (non-hydrogen) atoms. The molecule has 0 radical (unpaired) electrons. The first-order valence-corrected chi connectivity index (χ1v) is 8.21. The molecule has 3 heteroatoms. The van der Waals surface area contributed by atoms with E-state index >= 15 is 0 Å². The lowest BCUT2D eigenvalue weighted by atomic mass is 9.70. The van der Waals surface area contributed by atoms with Crippen LogP contribution in [0.25, 0.3) is 0 Å². The summed E-state index contributed by atoms with van der Waals surface area (Å²) in [6.07, 6.45) is 5.82. The zero-order chi connectivity index (χ0) is 15.5. The average molecular weight is 290 g/mol. The van der Waals surface area contributed by atoms with Crippen molar-refractivity contribution in [3.63, 3.8) is 0 Å². The Balaban J connectivity index is 1.94. The Morgan fingerprint density at radius 2 is 2.19 bits per heavy atom. The van der Waals surface area contributed by atoms with E-state index in [2.05, 4.69) is 37.1 Å². The van der Waals surface area contributed by atoms with Gasteiger partial charge in [0.05, 0.1) is 6.10 Å². The van der Waals surface area contributed by atoms with Gasteiger partial charge in [0, 0.05) is 24.3 Å². The van der Waals surface area contributed by atoms with Crippen molar-refractivity contribution >= 4 is 0 Å². The molecule has 118 valence electrons. The summed E-state index contributed by atoms with van der Waals surface area (Å²) in [7, 11) is 0. The third kappa shape index (κ3) is 4.70. The molecule has 1 aromatic heterocycles. The summed E-state index contributed by atoms with van der Waals surface area (Å²) >= 11 is 0. The van der Waals surface area contributed by atoms with E-state index in [1.807, 2.05) is 19.9 Å². The van der Waals surface area contributed by atoms with Gasteiger partial charge in [-0.2, -0.15) is 0 Å². The van der Waals surface area contributed by atoms with Crippen LogP contribution < -0.4 is 10.1 Å². The van der Waals surface area contributed by atoms with Crippen molar-refractivity contribution in [2.24, 2.45) is 11.3 Å². The molecule has 2 unspecified atom stereocenters. The standard InChI is InChI=1S/C18H30N2O/c1-13(2)21-17-15(7-6-10-19-17)12-20-16-8-9-18(4,5)11-14(16)3/h6-7,10,13-14,16,20H,8-9,11-12H2,1-5H3. The predicted octanol–water partition coefficient (Wildman–Crippen LogP) is 4.17. The first-order valence-electron chi connectivity index (χ1n) is 8.21. The summed E-state index contributed by atoms with van der Waals surface area (Å²) in [6.45, 7) is 12.1. The van der Waals surface area contributed by atoms with Crippen molar-refractivity contribution in [3.8, 4) is 5.88 Å². The average Bonchev–Trinajstić information content (AvgIpc) is 2.38. The summed E-state index contributed by atoms with van der Waals surface area (Å²) in [5, 5.41) is 3.72. The Hall–Kier alpha value is -1.09. The van der Waals surface area contributed by atoms with Gasteiger partial charge in [-0.1, -0.05) is 26.8 Å². The molecule has 0 aliphatic heterocycles. The Bertz CT molecular complexity index is 456. The third-order valence-corrected chi connectivity index (χ3v) is 4.45. The van der Waals surface area contributed by atoms with Crippen LogP contribution in [0.5, 0.6) is 5.88 Å². The highest BCUT2D eigenvalue weighted by atomic mass is 16.5. The maximum atomic E-state index is 5.79. The molecule has 0 bridgehead atoms. The van der Waals surface area contributed by atoms with Gasteiger partial charge in [-0.05, 0) is 50.5 Å². The van der Waals surface area contributed by atoms with E-state index in [1.165, 1.54) is 19.3 Å². The molecule has 0 aromatic carbocycles. The third-order valence-electron chi connectivity index (χ3n) is 4.45. The van der Waals surface area contributed by atoms with Gasteiger partial charge in [0.1, 0.15) is 0 Å². The van der Waals surface area contributed by atoms with E-state index < -0.39 is 0 Å². The molecule has 1 heterocycles. The van der Waals surface area contributed by atoms with Crippen LogP contribution >= 0.6 is 0 Å². The molecule has 0 saturated heterocycles. The predicted molar refractivity (Wildman–Crippen MR) is 87.4 cm³/mol. The van der Waals surface area contributed by atoms with Crippen molar-refractivity contribution < 1.29 is 4.74 Å². The normalized spacial score (nSPS) is 25.0. The Morgan fingerprint density at radius 3 is 2.86 bits per heavy atom. The van der Waals surface area contributed by atoms with Crippen LogP contribution in [0.15, 0.2) is 18.3 Å². The Morgan fingerprint density at radius 1 is 1.43 bits per heavy atom. The van der Waals surface area contributed by atoms with Crippen molar-refractivity contribution in [1.29, 1.82) is 0 Å². The van der Waals surface area contributed by atoms with Crippen LogP contribution in [0.2, 0.25) is 0 Å². The molecule has 1 fully saturated rings. The minimum atomic E-state index is 0.160. The Kier molecular flexibility index (Phi) is 5.26. The second-order valence-corrected chi connectivity index (χ2v) is 7.51. The smallest absolute Gasteiger partial charge is 0.218 e. The van der Waals surface area contributed by atoms with Crippen LogP contribution in [0.4, 0.5) is 0 Å². The quantitative estimate of drug-likeness (QED) is 0.883. The van der Waals surface area contributed by atoms with E-state index in [0.29, 0.717) is 11.5 Å². The van der Waals surface area contributed by atoms with Gasteiger partial charge < -0.3 is 10.1 Å². The summed E-state index contributed by atoms with van der Waals surface area (Å²) in [5.74, 6) is 1.49. The number of aromatic nitrogens is 1. The van der Waals surface area contributed by atoms with Gasteiger partial charge in [0.15, 0.2) is 0 Å². The SMILES string of the molecule is CC(C)Oc1ncccc1CNC1CCC(C)(C)CC1C. The number of nitrogens with zero attached hydrogens (tertiary/aromatic N) is 1. The van der Waals surface area contributed by atoms with Crippen molar-refractivity contribution in [1.82, 2.24) is 10.3 Å². The fourth-order valence-electron chi connectivity index (χ4n) is 3.38. The van der Waals surface area contributed by atoms with E-state index in [9.17, 15) is 0 Å². The summed E-state index contributed by atoms with van der Waals surface area (Å²) < 4.78 is 5.79. The minimum absolute atomic E-state index is 0.160. The van der Waals surface area contributed by atoms with Gasteiger partial charge in [-0.15, -0.1) is 0 Å². The monoisotopic (exact) mass is 290 g/mol. The number of nitrogens with one attached hydrogen (secondary N) is 1. The van der Waals surface area contributed by atoms with Crippen LogP contribution in [0, 0.1) is 11.3 Å². The molecule has 1 saturated carbocycles. The van der Waals surface area contributed by atoms with Crippen LogP contribution in [-0.2, 0) is 6.54 Å². The highest BCUT2D eigenvalue weighted by Crippen LogP contribution is 2.38. The zero-order valence-electron chi connectivity index (χ0n) is 14.1. The number of rotatable bonds is 5. The fourth-order valence-corrected chi connectivity index (χ4v) is 3.38. The molecule has 2 rings (SSSR count). The lowest BCUT2D eigenvalue weighted by Gasteiger charge is -2.39. The van der Waals surface area contributed by atoms with Crippen LogP contribution in [0.3, 0.4) is 0 Å². The van der Waals surface area contributed by atoms with E-state index in [0.717, 1.165) is 23.9 Å². The van der Waals surface area contributed by atoms with Crippen molar-refractivity contribution in [2.45, 2.75) is 72.6 Å². The molecule has 0 amide bonds. The number of hydrogen-bond donors (Lipinski definition) is 1. The van der Waals surface area contributed by atoms with Crippen molar-refractivity contribution in [2.75, 3.05) is 0 Å². The lowest BCUT2D eigenvalue weighted by Crippen LogP contribution is -2.41.